The molecule has 0 aromatic heterocycles. The molecule has 1 N–H and O–H groups in total. The van der Waals surface area contributed by atoms with E-state index in [0.717, 1.165) is 13.1 Å². The fourth-order valence-electron chi connectivity index (χ4n) is 3.30. The number of rotatable bonds is 4. The van der Waals surface area contributed by atoms with Crippen molar-refractivity contribution in [3.63, 3.8) is 0 Å². The molecule has 0 atom stereocenters. The van der Waals surface area contributed by atoms with Crippen LogP contribution in [-0.4, -0.2) is 30.1 Å². The van der Waals surface area contributed by atoms with Gasteiger partial charge in [-0.1, -0.05) is 24.3 Å². The zero-order chi connectivity index (χ0) is 18.5. The third-order valence-electron chi connectivity index (χ3n) is 4.87. The van der Waals surface area contributed by atoms with Gasteiger partial charge in [0.15, 0.2) is 5.11 Å². The first-order chi connectivity index (χ1) is 12.5. The highest BCUT2D eigenvalue weighted by Gasteiger charge is 2.16. The number of anilines is 2. The zero-order valence-corrected chi connectivity index (χ0v) is 16.3. The number of hydrogen-bond acceptors (Lipinski definition) is 2. The Balaban J connectivity index is 1.68. The lowest BCUT2D eigenvalue weighted by molar-refractivity contribution is 0.505. The molecule has 1 aliphatic rings. The van der Waals surface area contributed by atoms with Crippen LogP contribution in [0.2, 0.25) is 0 Å². The minimum Gasteiger partial charge on any atom is -0.371 e. The van der Waals surface area contributed by atoms with Crippen molar-refractivity contribution in [3.8, 4) is 0 Å². The molecular formula is C21H26FN3S. The van der Waals surface area contributed by atoms with Gasteiger partial charge in [0.2, 0.25) is 0 Å². The molecule has 1 heterocycles. The fourth-order valence-corrected chi connectivity index (χ4v) is 3.49. The average molecular weight is 372 g/mol. The molecule has 0 saturated carbocycles. The highest BCUT2D eigenvalue weighted by atomic mass is 32.1. The summed E-state index contributed by atoms with van der Waals surface area (Å²) in [6.45, 7) is 4.70. The average Bonchev–Trinajstić information content (AvgIpc) is 2.66. The van der Waals surface area contributed by atoms with Crippen LogP contribution in [0.1, 0.15) is 30.4 Å². The van der Waals surface area contributed by atoms with Crippen molar-refractivity contribution >= 4 is 28.7 Å². The monoisotopic (exact) mass is 371 g/mol. The van der Waals surface area contributed by atoms with Gasteiger partial charge in [0, 0.05) is 38.1 Å². The molecule has 5 heteroatoms. The van der Waals surface area contributed by atoms with Crippen LogP contribution in [-0.2, 0) is 6.54 Å². The molecule has 0 aliphatic carbocycles. The van der Waals surface area contributed by atoms with Gasteiger partial charge in [-0.15, -0.1) is 0 Å². The van der Waals surface area contributed by atoms with Gasteiger partial charge in [0.05, 0.1) is 0 Å². The van der Waals surface area contributed by atoms with Gasteiger partial charge >= 0.3 is 0 Å². The van der Waals surface area contributed by atoms with Crippen LogP contribution in [0, 0.1) is 12.7 Å². The standard InChI is InChI=1S/C21H26FN3S/c1-16-10-11-18(14-19(16)22)23-21(26)24(2)15-17-8-4-5-9-20(17)25-12-6-3-7-13-25/h4-5,8-11,14H,3,6-7,12-13,15H2,1-2H3,(H,23,26). The maximum Gasteiger partial charge on any atom is 0.173 e. The van der Waals surface area contributed by atoms with Crippen LogP contribution in [0.5, 0.6) is 0 Å². The molecule has 0 amide bonds. The summed E-state index contributed by atoms with van der Waals surface area (Å²) in [6, 6.07) is 13.6. The van der Waals surface area contributed by atoms with E-state index in [4.69, 9.17) is 12.2 Å². The Bertz CT molecular complexity index is 772. The van der Waals surface area contributed by atoms with Crippen molar-refractivity contribution in [2.24, 2.45) is 0 Å². The first-order valence-corrected chi connectivity index (χ1v) is 9.56. The smallest absolute Gasteiger partial charge is 0.173 e. The minimum absolute atomic E-state index is 0.226. The number of nitrogens with zero attached hydrogens (tertiary/aromatic N) is 2. The number of para-hydroxylation sites is 1. The van der Waals surface area contributed by atoms with E-state index in [-0.39, 0.29) is 5.82 Å². The molecule has 0 unspecified atom stereocenters. The molecule has 138 valence electrons. The second kappa shape index (κ2) is 8.49. The maximum atomic E-state index is 13.7. The summed E-state index contributed by atoms with van der Waals surface area (Å²) in [6.07, 6.45) is 3.83. The normalized spacial score (nSPS) is 14.2. The summed E-state index contributed by atoms with van der Waals surface area (Å²) in [4.78, 5) is 4.47. The van der Waals surface area contributed by atoms with Crippen molar-refractivity contribution in [3.05, 3.63) is 59.4 Å². The Hall–Kier alpha value is -2.14. The molecule has 1 fully saturated rings. The number of halogens is 1. The van der Waals surface area contributed by atoms with E-state index >= 15 is 0 Å². The van der Waals surface area contributed by atoms with Crippen LogP contribution in [0.25, 0.3) is 0 Å². The summed E-state index contributed by atoms with van der Waals surface area (Å²) in [5, 5.41) is 3.72. The third-order valence-corrected chi connectivity index (χ3v) is 5.28. The van der Waals surface area contributed by atoms with E-state index in [9.17, 15) is 4.39 Å². The highest BCUT2D eigenvalue weighted by Crippen LogP contribution is 2.25. The quantitative estimate of drug-likeness (QED) is 0.766. The van der Waals surface area contributed by atoms with E-state index in [1.54, 1.807) is 13.0 Å². The van der Waals surface area contributed by atoms with Crippen LogP contribution < -0.4 is 10.2 Å². The zero-order valence-electron chi connectivity index (χ0n) is 15.5. The van der Waals surface area contributed by atoms with Crippen molar-refractivity contribution in [2.45, 2.75) is 32.7 Å². The van der Waals surface area contributed by atoms with Crippen LogP contribution in [0.4, 0.5) is 15.8 Å². The molecule has 0 spiro atoms. The topological polar surface area (TPSA) is 18.5 Å². The van der Waals surface area contributed by atoms with E-state index in [0.29, 0.717) is 22.9 Å². The Morgan fingerprint density at radius 3 is 2.62 bits per heavy atom. The largest absolute Gasteiger partial charge is 0.371 e. The Morgan fingerprint density at radius 2 is 1.88 bits per heavy atom. The fraction of sp³-hybridized carbons (Fsp3) is 0.381. The van der Waals surface area contributed by atoms with Gasteiger partial charge in [0.1, 0.15) is 5.82 Å². The van der Waals surface area contributed by atoms with Crippen LogP contribution >= 0.6 is 12.2 Å². The molecule has 2 aromatic carbocycles. The lowest BCUT2D eigenvalue weighted by Gasteiger charge is -2.32. The number of hydrogen-bond donors (Lipinski definition) is 1. The maximum absolute atomic E-state index is 13.7. The number of piperidine rings is 1. The predicted octanol–water partition coefficient (Wildman–Crippen LogP) is 4.95. The van der Waals surface area contributed by atoms with Crippen molar-refractivity contribution < 1.29 is 4.39 Å². The minimum atomic E-state index is -0.226. The van der Waals surface area contributed by atoms with E-state index < -0.39 is 0 Å². The molecule has 0 bridgehead atoms. The lowest BCUT2D eigenvalue weighted by atomic mass is 10.1. The van der Waals surface area contributed by atoms with Crippen molar-refractivity contribution in [1.82, 2.24) is 4.90 Å². The molecule has 0 radical (unpaired) electrons. The van der Waals surface area contributed by atoms with E-state index in [2.05, 4.69) is 34.5 Å². The Morgan fingerprint density at radius 1 is 1.15 bits per heavy atom. The molecule has 3 rings (SSSR count). The molecule has 1 aliphatic heterocycles. The Labute approximate surface area is 160 Å². The van der Waals surface area contributed by atoms with Gasteiger partial charge in [-0.2, -0.15) is 0 Å². The second-order valence-electron chi connectivity index (χ2n) is 6.93. The number of benzene rings is 2. The predicted molar refractivity (Wildman–Crippen MR) is 111 cm³/mol. The molecule has 26 heavy (non-hydrogen) atoms. The number of nitrogens with one attached hydrogen (secondary N) is 1. The summed E-state index contributed by atoms with van der Waals surface area (Å²) in [7, 11) is 1.97. The lowest BCUT2D eigenvalue weighted by Crippen LogP contribution is -2.33. The van der Waals surface area contributed by atoms with Crippen LogP contribution in [0.3, 0.4) is 0 Å². The van der Waals surface area contributed by atoms with Gasteiger partial charge in [0.25, 0.3) is 0 Å². The van der Waals surface area contributed by atoms with E-state index in [1.807, 2.05) is 18.0 Å². The number of aryl methyl sites for hydroxylation is 1. The van der Waals surface area contributed by atoms with Gasteiger partial charge in [-0.25, -0.2) is 4.39 Å². The van der Waals surface area contributed by atoms with Gasteiger partial charge in [-0.3, -0.25) is 0 Å². The molecule has 2 aromatic rings. The first kappa shape index (κ1) is 18.6. The second-order valence-corrected chi connectivity index (χ2v) is 7.31. The van der Waals surface area contributed by atoms with Crippen molar-refractivity contribution in [2.75, 3.05) is 30.4 Å². The summed E-state index contributed by atoms with van der Waals surface area (Å²) in [5.74, 6) is -0.226. The summed E-state index contributed by atoms with van der Waals surface area (Å²) < 4.78 is 13.7. The SMILES string of the molecule is Cc1ccc(NC(=S)N(C)Cc2ccccc2N2CCCCC2)cc1F. The summed E-state index contributed by atoms with van der Waals surface area (Å²) >= 11 is 5.51. The summed E-state index contributed by atoms with van der Waals surface area (Å²) in [5.41, 5.74) is 3.86. The number of thiocarbonyl (C=S) groups is 1. The van der Waals surface area contributed by atoms with Gasteiger partial charge in [-0.05, 0) is 67.7 Å². The van der Waals surface area contributed by atoms with Crippen molar-refractivity contribution in [1.29, 1.82) is 0 Å². The molecule has 1 saturated heterocycles. The van der Waals surface area contributed by atoms with E-state index in [1.165, 1.54) is 36.6 Å². The molecule has 3 nitrogen and oxygen atoms in total. The Kier molecular flexibility index (Phi) is 6.09. The third kappa shape index (κ3) is 4.52. The molecular weight excluding hydrogens is 345 g/mol. The van der Waals surface area contributed by atoms with Crippen LogP contribution in [0.15, 0.2) is 42.5 Å². The first-order valence-electron chi connectivity index (χ1n) is 9.16. The van der Waals surface area contributed by atoms with Gasteiger partial charge < -0.3 is 15.1 Å². The highest BCUT2D eigenvalue weighted by molar-refractivity contribution is 7.80.